The summed E-state index contributed by atoms with van der Waals surface area (Å²) in [6.45, 7) is 8.50. The van der Waals surface area contributed by atoms with Gasteiger partial charge in [-0.05, 0) is 18.4 Å². The van der Waals surface area contributed by atoms with Crippen LogP contribution >= 0.6 is 11.3 Å². The molecule has 1 saturated heterocycles. The molecule has 0 aliphatic carbocycles. The fraction of sp³-hybridized carbons (Fsp3) is 0.625. The molecule has 0 amide bonds. The fourth-order valence-electron chi connectivity index (χ4n) is 2.74. The van der Waals surface area contributed by atoms with Gasteiger partial charge in [0.2, 0.25) is 5.89 Å². The van der Waals surface area contributed by atoms with Gasteiger partial charge in [0.25, 0.3) is 0 Å². The zero-order chi connectivity index (χ0) is 16.1. The molecule has 0 radical (unpaired) electrons. The second-order valence-electron chi connectivity index (χ2n) is 5.71. The maximum atomic E-state index is 5.49. The predicted molar refractivity (Wildman–Crippen MR) is 89.5 cm³/mol. The summed E-state index contributed by atoms with van der Waals surface area (Å²) in [7, 11) is 0. The van der Waals surface area contributed by atoms with Gasteiger partial charge in [0.15, 0.2) is 5.82 Å². The normalized spacial score (nSPS) is 18.9. The maximum Gasteiger partial charge on any atom is 0.243 e. The molecule has 23 heavy (non-hydrogen) atoms. The highest BCUT2D eigenvalue weighted by molar-refractivity contribution is 7.10. The van der Waals surface area contributed by atoms with Gasteiger partial charge in [-0.2, -0.15) is 4.98 Å². The number of hydrogen-bond donors (Lipinski definition) is 1. The van der Waals surface area contributed by atoms with Gasteiger partial charge in [-0.3, -0.25) is 4.90 Å². The van der Waals surface area contributed by atoms with Crippen molar-refractivity contribution in [3.05, 3.63) is 34.1 Å². The molecule has 1 fully saturated rings. The summed E-state index contributed by atoms with van der Waals surface area (Å²) in [4.78, 5) is 8.28. The summed E-state index contributed by atoms with van der Waals surface area (Å²) in [5, 5.41) is 9.66. The summed E-state index contributed by atoms with van der Waals surface area (Å²) < 4.78 is 10.8. The summed E-state index contributed by atoms with van der Waals surface area (Å²) in [5.74, 6) is 1.42. The average Bonchev–Trinajstić information content (AvgIpc) is 3.27. The zero-order valence-electron chi connectivity index (χ0n) is 13.7. The lowest BCUT2D eigenvalue weighted by molar-refractivity contribution is 0.0162. The molecule has 0 unspecified atom stereocenters. The highest BCUT2D eigenvalue weighted by Crippen LogP contribution is 2.26. The average molecular weight is 336 g/mol. The van der Waals surface area contributed by atoms with E-state index in [1.165, 1.54) is 4.88 Å². The third-order valence-corrected chi connectivity index (χ3v) is 5.12. The Morgan fingerprint density at radius 3 is 2.87 bits per heavy atom. The van der Waals surface area contributed by atoms with Crippen LogP contribution < -0.4 is 5.32 Å². The van der Waals surface area contributed by atoms with E-state index >= 15 is 0 Å². The molecule has 126 valence electrons. The van der Waals surface area contributed by atoms with Gasteiger partial charge in [-0.15, -0.1) is 11.3 Å². The first-order valence-corrected chi connectivity index (χ1v) is 9.07. The maximum absolute atomic E-state index is 5.49. The number of nitrogens with zero attached hydrogens (tertiary/aromatic N) is 3. The van der Waals surface area contributed by atoms with Gasteiger partial charge < -0.3 is 14.6 Å². The Morgan fingerprint density at radius 1 is 1.39 bits per heavy atom. The van der Waals surface area contributed by atoms with Crippen LogP contribution in [0.1, 0.15) is 42.5 Å². The van der Waals surface area contributed by atoms with Crippen LogP contribution in [0.15, 0.2) is 22.0 Å². The quantitative estimate of drug-likeness (QED) is 0.838. The largest absolute Gasteiger partial charge is 0.379 e. The monoisotopic (exact) mass is 336 g/mol. The van der Waals surface area contributed by atoms with Crippen molar-refractivity contribution in [2.75, 3.05) is 32.8 Å². The molecule has 0 bridgehead atoms. The Morgan fingerprint density at radius 2 is 2.22 bits per heavy atom. The van der Waals surface area contributed by atoms with Gasteiger partial charge >= 0.3 is 0 Å². The van der Waals surface area contributed by atoms with Crippen LogP contribution in [0.3, 0.4) is 0 Å². The first-order valence-electron chi connectivity index (χ1n) is 8.19. The molecule has 2 aromatic heterocycles. The first-order chi connectivity index (χ1) is 11.3. The van der Waals surface area contributed by atoms with E-state index in [-0.39, 0.29) is 6.04 Å². The van der Waals surface area contributed by atoms with Crippen molar-refractivity contribution in [3.63, 3.8) is 0 Å². The number of thiophene rings is 1. The SMILES string of the molecule is CCc1noc([C@@H](C)NC[C@@H](c2cccs2)N2CCOCC2)n1. The lowest BCUT2D eigenvalue weighted by Gasteiger charge is -2.34. The standard InChI is InChI=1S/C16H24N4O2S/c1-3-15-18-16(22-19-15)12(2)17-11-13(14-5-4-10-23-14)20-6-8-21-9-7-20/h4-5,10,12-13,17H,3,6-9,11H2,1-2H3/t12-,13+/m1/s1. The van der Waals surface area contributed by atoms with E-state index in [9.17, 15) is 0 Å². The minimum Gasteiger partial charge on any atom is -0.379 e. The smallest absolute Gasteiger partial charge is 0.243 e. The minimum absolute atomic E-state index is 0.0475. The third kappa shape index (κ3) is 4.17. The highest BCUT2D eigenvalue weighted by Gasteiger charge is 2.24. The van der Waals surface area contributed by atoms with Crippen molar-refractivity contribution in [2.45, 2.75) is 32.4 Å². The fourth-order valence-corrected chi connectivity index (χ4v) is 3.60. The second-order valence-corrected chi connectivity index (χ2v) is 6.69. The van der Waals surface area contributed by atoms with Crippen LogP contribution in [0, 0.1) is 0 Å². The second kappa shape index (κ2) is 8.01. The number of aryl methyl sites for hydroxylation is 1. The van der Waals surface area contributed by atoms with Crippen molar-refractivity contribution >= 4 is 11.3 Å². The summed E-state index contributed by atoms with van der Waals surface area (Å²) in [6.07, 6.45) is 0.793. The van der Waals surface area contributed by atoms with E-state index in [0.717, 1.165) is 45.1 Å². The molecule has 7 heteroatoms. The van der Waals surface area contributed by atoms with E-state index in [1.807, 2.05) is 6.92 Å². The molecule has 2 aromatic rings. The predicted octanol–water partition coefficient (Wildman–Crippen LogP) is 2.42. The number of hydrogen-bond acceptors (Lipinski definition) is 7. The Kier molecular flexibility index (Phi) is 5.77. The van der Waals surface area contributed by atoms with E-state index in [1.54, 1.807) is 11.3 Å². The number of aromatic nitrogens is 2. The third-order valence-electron chi connectivity index (χ3n) is 4.15. The molecule has 0 aromatic carbocycles. The van der Waals surface area contributed by atoms with Crippen molar-refractivity contribution in [2.24, 2.45) is 0 Å². The molecule has 2 atom stereocenters. The van der Waals surface area contributed by atoms with Crippen molar-refractivity contribution in [3.8, 4) is 0 Å². The molecule has 1 N–H and O–H groups in total. The van der Waals surface area contributed by atoms with Crippen molar-refractivity contribution in [1.82, 2.24) is 20.4 Å². The molecule has 1 aliphatic rings. The van der Waals surface area contributed by atoms with Crippen LogP contribution in [0.4, 0.5) is 0 Å². The van der Waals surface area contributed by atoms with Gasteiger partial charge in [-0.25, -0.2) is 0 Å². The van der Waals surface area contributed by atoms with Gasteiger partial charge in [-0.1, -0.05) is 18.1 Å². The van der Waals surface area contributed by atoms with Gasteiger partial charge in [0.05, 0.1) is 25.3 Å². The first kappa shape index (κ1) is 16.6. The number of rotatable bonds is 7. The van der Waals surface area contributed by atoms with E-state index in [2.05, 4.69) is 44.8 Å². The van der Waals surface area contributed by atoms with Crippen LogP contribution in [0.2, 0.25) is 0 Å². The van der Waals surface area contributed by atoms with E-state index < -0.39 is 0 Å². The lowest BCUT2D eigenvalue weighted by Crippen LogP contribution is -2.42. The van der Waals surface area contributed by atoms with Crippen LogP contribution in [-0.4, -0.2) is 47.9 Å². The van der Waals surface area contributed by atoms with Crippen molar-refractivity contribution < 1.29 is 9.26 Å². The zero-order valence-corrected chi connectivity index (χ0v) is 14.5. The molecule has 0 spiro atoms. The Hall–Kier alpha value is -1.28. The Balaban J connectivity index is 1.63. The molecular weight excluding hydrogens is 312 g/mol. The number of ether oxygens (including phenoxy) is 1. The topological polar surface area (TPSA) is 63.4 Å². The molecule has 3 heterocycles. The van der Waals surface area contributed by atoms with E-state index in [4.69, 9.17) is 9.26 Å². The lowest BCUT2D eigenvalue weighted by atomic mass is 10.1. The molecular formula is C16H24N4O2S. The highest BCUT2D eigenvalue weighted by atomic mass is 32.1. The van der Waals surface area contributed by atoms with Crippen LogP contribution in [0.25, 0.3) is 0 Å². The number of morpholine rings is 1. The molecule has 6 nitrogen and oxygen atoms in total. The Labute approximate surface area is 140 Å². The van der Waals surface area contributed by atoms with Gasteiger partial charge in [0, 0.05) is 30.9 Å². The minimum atomic E-state index is 0.0475. The Bertz CT molecular complexity index is 581. The summed E-state index contributed by atoms with van der Waals surface area (Å²) >= 11 is 1.81. The van der Waals surface area contributed by atoms with E-state index in [0.29, 0.717) is 11.9 Å². The van der Waals surface area contributed by atoms with Crippen LogP contribution in [-0.2, 0) is 11.2 Å². The summed E-state index contributed by atoms with van der Waals surface area (Å²) in [6, 6.07) is 4.72. The molecule has 1 aliphatic heterocycles. The number of nitrogens with one attached hydrogen (secondary N) is 1. The van der Waals surface area contributed by atoms with Crippen LogP contribution in [0.5, 0.6) is 0 Å². The molecule has 3 rings (SSSR count). The summed E-state index contributed by atoms with van der Waals surface area (Å²) in [5.41, 5.74) is 0. The van der Waals surface area contributed by atoms with Crippen molar-refractivity contribution in [1.29, 1.82) is 0 Å². The molecule has 0 saturated carbocycles. The van der Waals surface area contributed by atoms with Gasteiger partial charge in [0.1, 0.15) is 0 Å².